The lowest BCUT2D eigenvalue weighted by molar-refractivity contribution is -0.131. The summed E-state index contributed by atoms with van der Waals surface area (Å²) in [6, 6.07) is 9.39. The number of sulfone groups is 1. The Bertz CT molecular complexity index is 687. The van der Waals surface area contributed by atoms with Gasteiger partial charge < -0.3 is 4.90 Å². The molecule has 2 heterocycles. The summed E-state index contributed by atoms with van der Waals surface area (Å²) < 4.78 is 25.3. The maximum Gasteiger partial charge on any atom is 0.222 e. The third-order valence-corrected chi connectivity index (χ3v) is 10.3. The molecule has 2 saturated heterocycles. The van der Waals surface area contributed by atoms with Gasteiger partial charge in [0.05, 0.1) is 11.0 Å². The molecule has 144 valence electrons. The number of nitrogens with zero attached hydrogens (tertiary/aromatic N) is 1. The molecule has 0 bridgehead atoms. The maximum absolute atomic E-state index is 12.6. The molecule has 2 fully saturated rings. The molecule has 26 heavy (non-hydrogen) atoms. The highest BCUT2D eigenvalue weighted by atomic mass is 33.1. The fraction of sp³-hybridized carbons (Fsp3) is 0.632. The summed E-state index contributed by atoms with van der Waals surface area (Å²) >= 11 is 0. The first-order chi connectivity index (χ1) is 12.6. The van der Waals surface area contributed by atoms with E-state index in [9.17, 15) is 13.2 Å². The van der Waals surface area contributed by atoms with E-state index in [1.165, 1.54) is 18.6 Å². The van der Waals surface area contributed by atoms with Gasteiger partial charge in [0.25, 0.3) is 0 Å². The van der Waals surface area contributed by atoms with Crippen molar-refractivity contribution in [3.63, 3.8) is 0 Å². The number of carbonyl (C=O) groups excluding carboxylic acids is 1. The van der Waals surface area contributed by atoms with E-state index in [2.05, 4.69) is 0 Å². The molecule has 0 aliphatic carbocycles. The number of unbranched alkanes of at least 4 members (excludes halogenated alkanes) is 1. The molecule has 2 atom stereocenters. The van der Waals surface area contributed by atoms with Crippen molar-refractivity contribution in [2.75, 3.05) is 24.6 Å². The van der Waals surface area contributed by atoms with Crippen LogP contribution in [-0.2, 0) is 14.6 Å². The average Bonchev–Trinajstić information content (AvgIpc) is 3.09. The first kappa shape index (κ1) is 20.1. The molecule has 7 heteroatoms. The summed E-state index contributed by atoms with van der Waals surface area (Å²) in [5.41, 5.74) is 0.841. The topological polar surface area (TPSA) is 54.5 Å². The minimum atomic E-state index is -3.21. The van der Waals surface area contributed by atoms with Crippen LogP contribution in [0, 0.1) is 0 Å². The molecule has 0 spiro atoms. The van der Waals surface area contributed by atoms with E-state index >= 15 is 0 Å². The zero-order chi connectivity index (χ0) is 18.4. The van der Waals surface area contributed by atoms with E-state index in [-0.39, 0.29) is 11.7 Å². The Labute approximate surface area is 164 Å². The predicted molar refractivity (Wildman–Crippen MR) is 111 cm³/mol. The van der Waals surface area contributed by atoms with E-state index in [4.69, 9.17) is 0 Å². The number of rotatable bonds is 6. The lowest BCUT2D eigenvalue weighted by Gasteiger charge is -2.20. The SMILES string of the molecule is O=C(CCCC[C@@H]1CCSS1)N1CC[C@H](c2ccccc2)S(=O)(=O)CC1. The second-order valence-electron chi connectivity index (χ2n) is 7.01. The van der Waals surface area contributed by atoms with Gasteiger partial charge in [0.15, 0.2) is 9.84 Å². The van der Waals surface area contributed by atoms with Crippen molar-refractivity contribution < 1.29 is 13.2 Å². The summed E-state index contributed by atoms with van der Waals surface area (Å²) in [7, 11) is 0.724. The smallest absolute Gasteiger partial charge is 0.222 e. The monoisotopic (exact) mass is 413 g/mol. The van der Waals surface area contributed by atoms with Crippen molar-refractivity contribution >= 4 is 37.3 Å². The fourth-order valence-electron chi connectivity index (χ4n) is 3.61. The molecule has 2 aliphatic heterocycles. The summed E-state index contributed by atoms with van der Waals surface area (Å²) in [5, 5.41) is 0.267. The van der Waals surface area contributed by atoms with Gasteiger partial charge in [-0.05, 0) is 31.2 Å². The predicted octanol–water partition coefficient (Wildman–Crippen LogP) is 4.09. The van der Waals surface area contributed by atoms with Crippen LogP contribution in [0.4, 0.5) is 0 Å². The highest BCUT2D eigenvalue weighted by Gasteiger charge is 2.32. The highest BCUT2D eigenvalue weighted by molar-refractivity contribution is 8.77. The van der Waals surface area contributed by atoms with Gasteiger partial charge in [-0.2, -0.15) is 0 Å². The Morgan fingerprint density at radius 2 is 1.92 bits per heavy atom. The van der Waals surface area contributed by atoms with Gasteiger partial charge in [-0.1, -0.05) is 58.3 Å². The Balaban J connectivity index is 1.49. The minimum absolute atomic E-state index is 0.0637. The van der Waals surface area contributed by atoms with Crippen LogP contribution in [0.25, 0.3) is 0 Å². The molecule has 0 unspecified atom stereocenters. The maximum atomic E-state index is 12.6. The van der Waals surface area contributed by atoms with Gasteiger partial charge >= 0.3 is 0 Å². The zero-order valence-corrected chi connectivity index (χ0v) is 17.5. The minimum Gasteiger partial charge on any atom is -0.342 e. The van der Waals surface area contributed by atoms with Crippen LogP contribution in [0.3, 0.4) is 0 Å². The Morgan fingerprint density at radius 3 is 2.65 bits per heavy atom. The van der Waals surface area contributed by atoms with Crippen LogP contribution >= 0.6 is 21.6 Å². The van der Waals surface area contributed by atoms with Crippen molar-refractivity contribution in [3.05, 3.63) is 35.9 Å². The molecule has 1 amide bonds. The van der Waals surface area contributed by atoms with Crippen molar-refractivity contribution in [2.24, 2.45) is 0 Å². The summed E-state index contributed by atoms with van der Waals surface area (Å²) in [6.07, 6.45) is 5.51. The molecular formula is C19H27NO3S3. The van der Waals surface area contributed by atoms with Crippen molar-refractivity contribution in [2.45, 2.75) is 49.0 Å². The average molecular weight is 414 g/mol. The number of benzene rings is 1. The molecule has 4 nitrogen and oxygen atoms in total. The summed E-state index contributed by atoms with van der Waals surface area (Å²) in [4.78, 5) is 14.3. The fourth-order valence-corrected chi connectivity index (χ4v) is 8.43. The molecule has 1 aromatic carbocycles. The molecule has 0 radical (unpaired) electrons. The summed E-state index contributed by atoms with van der Waals surface area (Å²) in [6.45, 7) is 0.867. The van der Waals surface area contributed by atoms with Crippen LogP contribution in [0.15, 0.2) is 30.3 Å². The van der Waals surface area contributed by atoms with E-state index in [0.717, 1.165) is 23.7 Å². The van der Waals surface area contributed by atoms with Crippen molar-refractivity contribution in [1.29, 1.82) is 0 Å². The summed E-state index contributed by atoms with van der Waals surface area (Å²) in [5.74, 6) is 1.43. The quantitative estimate of drug-likeness (QED) is 0.519. The molecule has 2 aliphatic rings. The lowest BCUT2D eigenvalue weighted by atomic mass is 10.1. The first-order valence-electron chi connectivity index (χ1n) is 9.39. The Morgan fingerprint density at radius 1 is 1.12 bits per heavy atom. The van der Waals surface area contributed by atoms with Gasteiger partial charge in [-0.15, -0.1) is 0 Å². The van der Waals surface area contributed by atoms with Gasteiger partial charge in [-0.3, -0.25) is 4.79 Å². The molecular weight excluding hydrogens is 386 g/mol. The molecule has 1 aromatic rings. The third-order valence-electron chi connectivity index (χ3n) is 5.16. The number of amides is 1. The van der Waals surface area contributed by atoms with Gasteiger partial charge in [0.2, 0.25) is 5.91 Å². The normalized spacial score (nSPS) is 25.8. The van der Waals surface area contributed by atoms with Crippen molar-refractivity contribution in [3.8, 4) is 0 Å². The Hall–Kier alpha value is -0.660. The largest absolute Gasteiger partial charge is 0.342 e. The molecule has 0 N–H and O–H groups in total. The van der Waals surface area contributed by atoms with Crippen LogP contribution in [0.2, 0.25) is 0 Å². The number of carbonyl (C=O) groups is 1. The lowest BCUT2D eigenvalue weighted by Crippen LogP contribution is -2.33. The molecule has 0 aromatic heterocycles. The van der Waals surface area contributed by atoms with Gasteiger partial charge in [0, 0.05) is 30.5 Å². The second-order valence-corrected chi connectivity index (χ2v) is 12.1. The number of hydrogen-bond donors (Lipinski definition) is 0. The van der Waals surface area contributed by atoms with E-state index in [1.807, 2.05) is 51.9 Å². The standard InChI is InChI=1S/C19H27NO3S3/c21-19(9-5-4-8-17-11-14-24-25-17)20-12-10-18(26(22,23)15-13-20)16-6-2-1-3-7-16/h1-3,6-7,17-18H,4-5,8-15H2/t17-,18-/m1/s1. The van der Waals surface area contributed by atoms with E-state index < -0.39 is 15.1 Å². The number of hydrogen-bond acceptors (Lipinski definition) is 5. The highest BCUT2D eigenvalue weighted by Crippen LogP contribution is 2.40. The Kier molecular flexibility index (Phi) is 7.35. The molecule has 0 saturated carbocycles. The molecule has 3 rings (SSSR count). The van der Waals surface area contributed by atoms with Gasteiger partial charge in [-0.25, -0.2) is 8.42 Å². The van der Waals surface area contributed by atoms with Crippen LogP contribution in [0.5, 0.6) is 0 Å². The second kappa shape index (κ2) is 9.51. The van der Waals surface area contributed by atoms with E-state index in [0.29, 0.717) is 25.9 Å². The first-order valence-corrected chi connectivity index (χ1v) is 13.5. The van der Waals surface area contributed by atoms with Crippen LogP contribution < -0.4 is 0 Å². The zero-order valence-electron chi connectivity index (χ0n) is 15.0. The van der Waals surface area contributed by atoms with Crippen molar-refractivity contribution in [1.82, 2.24) is 4.90 Å². The van der Waals surface area contributed by atoms with E-state index in [1.54, 1.807) is 4.90 Å². The third kappa shape index (κ3) is 5.42. The van der Waals surface area contributed by atoms with Gasteiger partial charge in [0.1, 0.15) is 0 Å². The van der Waals surface area contributed by atoms with Crippen LogP contribution in [0.1, 0.15) is 49.3 Å². The van der Waals surface area contributed by atoms with Crippen LogP contribution in [-0.4, -0.2) is 49.1 Å².